The third-order valence-electron chi connectivity index (χ3n) is 3.12. The average Bonchev–Trinajstić information content (AvgIpc) is 3.15. The molecule has 0 unspecified atom stereocenters. The molecule has 0 saturated heterocycles. The second-order valence-electron chi connectivity index (χ2n) is 4.61. The van der Waals surface area contributed by atoms with Crippen molar-refractivity contribution in [1.29, 1.82) is 0 Å². The molecule has 0 spiro atoms. The Bertz CT molecular complexity index is 542. The molecule has 1 aromatic rings. The molecular weight excluding hydrogens is 275 g/mol. The Hall–Kier alpha value is -2.05. The molecule has 1 aliphatic rings. The fraction of sp³-hybridized carbons (Fsp3) is 0.385. The van der Waals surface area contributed by atoms with Gasteiger partial charge in [0.05, 0.1) is 11.5 Å². The van der Waals surface area contributed by atoms with Crippen LogP contribution in [0.15, 0.2) is 24.3 Å². The van der Waals surface area contributed by atoms with Crippen LogP contribution in [0.25, 0.3) is 0 Å². The summed E-state index contributed by atoms with van der Waals surface area (Å²) < 4.78 is 43.1. The van der Waals surface area contributed by atoms with Gasteiger partial charge < -0.3 is 10.5 Å². The van der Waals surface area contributed by atoms with Gasteiger partial charge in [-0.3, -0.25) is 9.59 Å². The molecule has 2 atom stereocenters. The molecule has 0 radical (unpaired) electrons. The van der Waals surface area contributed by atoms with Crippen LogP contribution in [0.1, 0.15) is 23.5 Å². The maximum atomic E-state index is 12.8. The monoisotopic (exact) mass is 287 g/mol. The Labute approximate surface area is 112 Å². The second-order valence-corrected chi connectivity index (χ2v) is 4.61. The average molecular weight is 287 g/mol. The molecule has 1 aromatic carbocycles. The number of benzene rings is 1. The number of amides is 1. The Balaban J connectivity index is 2.09. The highest BCUT2D eigenvalue weighted by atomic mass is 19.4. The van der Waals surface area contributed by atoms with Crippen LogP contribution < -0.4 is 5.73 Å². The van der Waals surface area contributed by atoms with E-state index in [9.17, 15) is 22.8 Å². The summed E-state index contributed by atoms with van der Waals surface area (Å²) >= 11 is 0. The zero-order valence-corrected chi connectivity index (χ0v) is 10.3. The lowest BCUT2D eigenvalue weighted by molar-refractivity contribution is -0.149. The molecule has 20 heavy (non-hydrogen) atoms. The molecule has 1 fully saturated rings. The first-order chi connectivity index (χ1) is 9.30. The molecule has 1 aliphatic carbocycles. The molecule has 0 bridgehead atoms. The highest BCUT2D eigenvalue weighted by Gasteiger charge is 2.48. The van der Waals surface area contributed by atoms with Crippen molar-refractivity contribution < 1.29 is 27.5 Å². The zero-order chi connectivity index (χ0) is 14.9. The maximum absolute atomic E-state index is 12.8. The summed E-state index contributed by atoms with van der Waals surface area (Å²) in [5, 5.41) is 0. The molecule has 0 aliphatic heterocycles. The highest BCUT2D eigenvalue weighted by molar-refractivity contribution is 5.82. The number of hydrogen-bond donors (Lipinski definition) is 1. The first-order valence-corrected chi connectivity index (χ1v) is 5.91. The highest BCUT2D eigenvalue weighted by Crippen LogP contribution is 2.51. The van der Waals surface area contributed by atoms with Gasteiger partial charge in [-0.05, 0) is 24.0 Å². The first kappa shape index (κ1) is 14.4. The van der Waals surface area contributed by atoms with Crippen molar-refractivity contribution in [3.8, 4) is 0 Å². The summed E-state index contributed by atoms with van der Waals surface area (Å²) in [6.07, 6.45) is -4.18. The third kappa shape index (κ3) is 3.09. The predicted molar refractivity (Wildman–Crippen MR) is 62.4 cm³/mol. The standard InChI is InChI=1S/C13H12F3NO3/c14-13(15,16)10-4-2-1-3-7(10)8-5-9(8)12(19)20-6-11(17)18/h1-4,8-9H,5-6H2,(H2,17,18)/t8-,9+/m0/s1. The summed E-state index contributed by atoms with van der Waals surface area (Å²) in [5.74, 6) is -2.65. The number of alkyl halides is 3. The minimum atomic E-state index is -4.46. The van der Waals surface area contributed by atoms with Crippen molar-refractivity contribution in [1.82, 2.24) is 0 Å². The van der Waals surface area contributed by atoms with E-state index in [1.807, 2.05) is 0 Å². The number of ether oxygens (including phenoxy) is 1. The van der Waals surface area contributed by atoms with E-state index >= 15 is 0 Å². The van der Waals surface area contributed by atoms with E-state index in [1.54, 1.807) is 0 Å². The van der Waals surface area contributed by atoms with Crippen LogP contribution in [0.5, 0.6) is 0 Å². The summed E-state index contributed by atoms with van der Waals surface area (Å²) in [7, 11) is 0. The Morgan fingerprint density at radius 3 is 2.55 bits per heavy atom. The molecule has 0 heterocycles. The minimum Gasteiger partial charge on any atom is -0.455 e. The number of carbonyl (C=O) groups excluding carboxylic acids is 2. The fourth-order valence-electron chi connectivity index (χ4n) is 2.13. The smallest absolute Gasteiger partial charge is 0.416 e. The third-order valence-corrected chi connectivity index (χ3v) is 3.12. The summed E-state index contributed by atoms with van der Waals surface area (Å²) in [6.45, 7) is -0.553. The van der Waals surface area contributed by atoms with Gasteiger partial charge in [-0.2, -0.15) is 13.2 Å². The number of primary amides is 1. The molecular formula is C13H12F3NO3. The van der Waals surface area contributed by atoms with Crippen molar-refractivity contribution >= 4 is 11.9 Å². The Morgan fingerprint density at radius 1 is 1.30 bits per heavy atom. The lowest BCUT2D eigenvalue weighted by Gasteiger charge is -2.12. The van der Waals surface area contributed by atoms with Gasteiger partial charge in [0.25, 0.3) is 5.91 Å². The van der Waals surface area contributed by atoms with Gasteiger partial charge >= 0.3 is 12.1 Å². The molecule has 108 valence electrons. The van der Waals surface area contributed by atoms with Gasteiger partial charge in [0, 0.05) is 0 Å². The van der Waals surface area contributed by atoms with E-state index in [1.165, 1.54) is 18.2 Å². The Kier molecular flexibility index (Phi) is 3.69. The van der Waals surface area contributed by atoms with Crippen LogP contribution in [0.4, 0.5) is 13.2 Å². The molecule has 0 aromatic heterocycles. The quantitative estimate of drug-likeness (QED) is 0.859. The van der Waals surface area contributed by atoms with Crippen LogP contribution in [0, 0.1) is 5.92 Å². The summed E-state index contributed by atoms with van der Waals surface area (Å²) in [4.78, 5) is 22.0. The number of nitrogens with two attached hydrogens (primary N) is 1. The number of esters is 1. The molecule has 4 nitrogen and oxygen atoms in total. The fourth-order valence-corrected chi connectivity index (χ4v) is 2.13. The van der Waals surface area contributed by atoms with Crippen molar-refractivity contribution in [2.24, 2.45) is 11.7 Å². The van der Waals surface area contributed by atoms with Crippen molar-refractivity contribution in [2.75, 3.05) is 6.61 Å². The summed E-state index contributed by atoms with van der Waals surface area (Å²) in [6, 6.07) is 5.14. The van der Waals surface area contributed by atoms with E-state index in [0.29, 0.717) is 0 Å². The van der Waals surface area contributed by atoms with Gasteiger partial charge in [-0.1, -0.05) is 18.2 Å². The second kappa shape index (κ2) is 5.15. The van der Waals surface area contributed by atoms with Gasteiger partial charge in [0.15, 0.2) is 6.61 Å². The van der Waals surface area contributed by atoms with Gasteiger partial charge in [0.2, 0.25) is 0 Å². The number of hydrogen-bond acceptors (Lipinski definition) is 3. The van der Waals surface area contributed by atoms with Crippen LogP contribution in [-0.4, -0.2) is 18.5 Å². The van der Waals surface area contributed by atoms with E-state index < -0.39 is 42.1 Å². The lowest BCUT2D eigenvalue weighted by Crippen LogP contribution is -2.21. The molecule has 7 heteroatoms. The largest absolute Gasteiger partial charge is 0.455 e. The lowest BCUT2D eigenvalue weighted by atomic mass is 10.0. The van der Waals surface area contributed by atoms with Gasteiger partial charge in [-0.15, -0.1) is 0 Å². The zero-order valence-electron chi connectivity index (χ0n) is 10.3. The topological polar surface area (TPSA) is 69.4 Å². The first-order valence-electron chi connectivity index (χ1n) is 5.91. The van der Waals surface area contributed by atoms with Crippen molar-refractivity contribution in [3.63, 3.8) is 0 Å². The summed E-state index contributed by atoms with van der Waals surface area (Å²) in [5.41, 5.74) is 4.17. The minimum absolute atomic E-state index is 0.0843. The van der Waals surface area contributed by atoms with E-state index in [0.717, 1.165) is 6.07 Å². The van der Waals surface area contributed by atoms with Crippen molar-refractivity contribution in [3.05, 3.63) is 35.4 Å². The number of halogens is 3. The van der Waals surface area contributed by atoms with Crippen LogP contribution >= 0.6 is 0 Å². The van der Waals surface area contributed by atoms with Crippen molar-refractivity contribution in [2.45, 2.75) is 18.5 Å². The van der Waals surface area contributed by atoms with Gasteiger partial charge in [-0.25, -0.2) is 0 Å². The predicted octanol–water partition coefficient (Wildman–Crippen LogP) is 1.84. The molecule has 1 amide bonds. The van der Waals surface area contributed by atoms with E-state index in [4.69, 9.17) is 5.73 Å². The normalized spacial score (nSPS) is 21.4. The van der Waals surface area contributed by atoms with Crippen LogP contribution in [0.2, 0.25) is 0 Å². The SMILES string of the molecule is NC(=O)COC(=O)[C@@H]1C[C@H]1c1ccccc1C(F)(F)F. The van der Waals surface area contributed by atoms with Crippen LogP contribution in [0.3, 0.4) is 0 Å². The number of carbonyl (C=O) groups is 2. The molecule has 2 N–H and O–H groups in total. The molecule has 2 rings (SSSR count). The van der Waals surface area contributed by atoms with E-state index in [-0.39, 0.29) is 12.0 Å². The Morgan fingerprint density at radius 2 is 1.95 bits per heavy atom. The molecule has 1 saturated carbocycles. The maximum Gasteiger partial charge on any atom is 0.416 e. The number of rotatable bonds is 4. The van der Waals surface area contributed by atoms with E-state index in [2.05, 4.69) is 4.74 Å². The van der Waals surface area contributed by atoms with Crippen LogP contribution in [-0.2, 0) is 20.5 Å². The van der Waals surface area contributed by atoms with Gasteiger partial charge in [0.1, 0.15) is 0 Å².